The summed E-state index contributed by atoms with van der Waals surface area (Å²) < 4.78 is 55.3. The average molecular weight is 397 g/mol. The van der Waals surface area contributed by atoms with Gasteiger partial charge in [-0.2, -0.15) is 0 Å². The number of hydrogen-bond acceptors (Lipinski definition) is 5. The molecular formula is C18H17F2NO5S. The Bertz CT molecular complexity index is 975. The summed E-state index contributed by atoms with van der Waals surface area (Å²) in [6.07, 6.45) is -1.30. The van der Waals surface area contributed by atoms with Crippen LogP contribution in [0.3, 0.4) is 0 Å². The molecule has 0 unspecified atom stereocenters. The first-order valence-corrected chi connectivity index (χ1v) is 9.59. The second kappa shape index (κ2) is 8.26. The van der Waals surface area contributed by atoms with Gasteiger partial charge in [0.05, 0.1) is 16.2 Å². The number of ether oxygens (including phenoxy) is 1. The molecule has 0 spiro atoms. The number of halogens is 2. The largest absolute Gasteiger partial charge is 0.449 e. The predicted molar refractivity (Wildman–Crippen MR) is 94.0 cm³/mol. The molecule has 6 nitrogen and oxygen atoms in total. The number of nitrogens with one attached hydrogen (secondary N) is 1. The highest BCUT2D eigenvalue weighted by atomic mass is 32.2. The SMILES string of the molecule is CCS(=O)(=O)c1ccccc1C(=O)O[C@H](C)C(=O)Nc1ccc(F)c(F)c1. The highest BCUT2D eigenvalue weighted by Gasteiger charge is 2.25. The summed E-state index contributed by atoms with van der Waals surface area (Å²) >= 11 is 0. The summed E-state index contributed by atoms with van der Waals surface area (Å²) in [5, 5.41) is 2.28. The predicted octanol–water partition coefficient (Wildman–Crippen LogP) is 2.94. The van der Waals surface area contributed by atoms with Crippen molar-refractivity contribution < 1.29 is 31.5 Å². The van der Waals surface area contributed by atoms with Crippen molar-refractivity contribution in [3.05, 3.63) is 59.7 Å². The molecule has 1 atom stereocenters. The van der Waals surface area contributed by atoms with Crippen LogP contribution in [-0.2, 0) is 19.4 Å². The molecule has 0 radical (unpaired) electrons. The first kappa shape index (κ1) is 20.5. The highest BCUT2D eigenvalue weighted by molar-refractivity contribution is 7.91. The average Bonchev–Trinajstić information content (AvgIpc) is 2.64. The fraction of sp³-hybridized carbons (Fsp3) is 0.222. The van der Waals surface area contributed by atoms with Crippen LogP contribution in [0, 0.1) is 11.6 Å². The summed E-state index contributed by atoms with van der Waals surface area (Å²) in [6.45, 7) is 2.71. The minimum atomic E-state index is -3.67. The van der Waals surface area contributed by atoms with Crippen LogP contribution in [0.4, 0.5) is 14.5 Å². The van der Waals surface area contributed by atoms with Crippen molar-refractivity contribution in [3.63, 3.8) is 0 Å². The van der Waals surface area contributed by atoms with Gasteiger partial charge in [0.15, 0.2) is 27.6 Å². The number of sulfone groups is 1. The third kappa shape index (κ3) is 4.88. The van der Waals surface area contributed by atoms with E-state index in [1.165, 1.54) is 38.1 Å². The van der Waals surface area contributed by atoms with Crippen molar-refractivity contribution in [2.45, 2.75) is 24.8 Å². The van der Waals surface area contributed by atoms with E-state index >= 15 is 0 Å². The second-order valence-corrected chi connectivity index (χ2v) is 7.81. The van der Waals surface area contributed by atoms with Crippen molar-refractivity contribution in [3.8, 4) is 0 Å². The molecule has 144 valence electrons. The zero-order valence-electron chi connectivity index (χ0n) is 14.5. The molecule has 1 N–H and O–H groups in total. The van der Waals surface area contributed by atoms with Crippen molar-refractivity contribution in [2.24, 2.45) is 0 Å². The van der Waals surface area contributed by atoms with Crippen LogP contribution in [-0.4, -0.2) is 32.2 Å². The van der Waals surface area contributed by atoms with Gasteiger partial charge in [-0.1, -0.05) is 19.1 Å². The summed E-state index contributed by atoms with van der Waals surface area (Å²) in [6, 6.07) is 8.27. The molecule has 1 amide bonds. The molecule has 2 aromatic carbocycles. The molecule has 0 bridgehead atoms. The first-order chi connectivity index (χ1) is 12.7. The second-order valence-electron chi connectivity index (χ2n) is 5.57. The van der Waals surface area contributed by atoms with Crippen molar-refractivity contribution in [1.82, 2.24) is 0 Å². The minimum Gasteiger partial charge on any atom is -0.449 e. The Morgan fingerprint density at radius 2 is 1.78 bits per heavy atom. The van der Waals surface area contributed by atoms with E-state index in [2.05, 4.69) is 5.32 Å². The van der Waals surface area contributed by atoms with E-state index in [1.807, 2.05) is 0 Å². The van der Waals surface area contributed by atoms with Crippen LogP contribution >= 0.6 is 0 Å². The van der Waals surface area contributed by atoms with Crippen LogP contribution in [0.5, 0.6) is 0 Å². The molecule has 27 heavy (non-hydrogen) atoms. The minimum absolute atomic E-state index is 0.0178. The maximum absolute atomic E-state index is 13.2. The Balaban J connectivity index is 2.14. The van der Waals surface area contributed by atoms with Gasteiger partial charge in [0.25, 0.3) is 5.91 Å². The fourth-order valence-corrected chi connectivity index (χ4v) is 3.24. The third-order valence-corrected chi connectivity index (χ3v) is 5.45. The maximum Gasteiger partial charge on any atom is 0.340 e. The molecule has 0 aliphatic rings. The van der Waals surface area contributed by atoms with Gasteiger partial charge in [0, 0.05) is 11.8 Å². The van der Waals surface area contributed by atoms with E-state index in [0.29, 0.717) is 0 Å². The van der Waals surface area contributed by atoms with Crippen LogP contribution < -0.4 is 5.32 Å². The monoisotopic (exact) mass is 397 g/mol. The molecule has 2 rings (SSSR count). The molecular weight excluding hydrogens is 380 g/mol. The number of anilines is 1. The van der Waals surface area contributed by atoms with Crippen molar-refractivity contribution >= 4 is 27.4 Å². The van der Waals surface area contributed by atoms with Gasteiger partial charge in [0.2, 0.25) is 0 Å². The molecule has 0 fully saturated rings. The van der Waals surface area contributed by atoms with E-state index in [-0.39, 0.29) is 21.9 Å². The quantitative estimate of drug-likeness (QED) is 0.757. The zero-order valence-corrected chi connectivity index (χ0v) is 15.3. The van der Waals surface area contributed by atoms with Crippen molar-refractivity contribution in [2.75, 3.05) is 11.1 Å². The fourth-order valence-electron chi connectivity index (χ4n) is 2.16. The van der Waals surface area contributed by atoms with Gasteiger partial charge in [-0.15, -0.1) is 0 Å². The standard InChI is InChI=1S/C18H17F2NO5S/c1-3-27(24,25)16-7-5-4-6-13(16)18(23)26-11(2)17(22)21-12-8-9-14(19)15(20)10-12/h4-11H,3H2,1-2H3,(H,21,22)/t11-/m1/s1. The molecule has 2 aromatic rings. The molecule has 9 heteroatoms. The summed E-state index contributed by atoms with van der Waals surface area (Å²) in [4.78, 5) is 24.2. The van der Waals surface area contributed by atoms with E-state index in [0.717, 1.165) is 18.2 Å². The van der Waals surface area contributed by atoms with Crippen LogP contribution in [0.15, 0.2) is 47.4 Å². The Hall–Kier alpha value is -2.81. The van der Waals surface area contributed by atoms with E-state index in [4.69, 9.17) is 4.74 Å². The smallest absolute Gasteiger partial charge is 0.340 e. The summed E-state index contributed by atoms with van der Waals surface area (Å²) in [5.74, 6) is -4.19. The molecule has 0 aliphatic carbocycles. The first-order valence-electron chi connectivity index (χ1n) is 7.94. The Labute approximate surface area is 155 Å². The Morgan fingerprint density at radius 1 is 1.11 bits per heavy atom. The number of carbonyl (C=O) groups excluding carboxylic acids is 2. The molecule has 0 saturated carbocycles. The number of carbonyl (C=O) groups is 2. The van der Waals surface area contributed by atoms with E-state index in [9.17, 15) is 26.8 Å². The van der Waals surface area contributed by atoms with Gasteiger partial charge < -0.3 is 10.1 Å². The molecule has 0 saturated heterocycles. The molecule has 0 aromatic heterocycles. The number of amides is 1. The number of rotatable bonds is 6. The summed E-state index contributed by atoms with van der Waals surface area (Å²) in [5.41, 5.74) is -0.206. The van der Waals surface area contributed by atoms with Crippen molar-refractivity contribution in [1.29, 1.82) is 0 Å². The van der Waals surface area contributed by atoms with Gasteiger partial charge in [-0.25, -0.2) is 22.0 Å². The number of esters is 1. The van der Waals surface area contributed by atoms with E-state index in [1.54, 1.807) is 0 Å². The lowest BCUT2D eigenvalue weighted by Gasteiger charge is -2.15. The normalized spacial score (nSPS) is 12.3. The van der Waals surface area contributed by atoms with Gasteiger partial charge in [0.1, 0.15) is 0 Å². The number of hydrogen-bond donors (Lipinski definition) is 1. The summed E-state index contributed by atoms with van der Waals surface area (Å²) in [7, 11) is -3.67. The zero-order chi connectivity index (χ0) is 20.2. The van der Waals surface area contributed by atoms with Gasteiger partial charge in [-0.3, -0.25) is 4.79 Å². The lowest BCUT2D eigenvalue weighted by molar-refractivity contribution is -0.123. The van der Waals surface area contributed by atoms with Gasteiger partial charge >= 0.3 is 5.97 Å². The van der Waals surface area contributed by atoms with E-state index < -0.39 is 39.5 Å². The van der Waals surface area contributed by atoms with Gasteiger partial charge in [-0.05, 0) is 31.2 Å². The molecule has 0 aliphatic heterocycles. The van der Waals surface area contributed by atoms with Crippen LogP contribution in [0.1, 0.15) is 24.2 Å². The Kier molecular flexibility index (Phi) is 6.27. The third-order valence-electron chi connectivity index (χ3n) is 3.66. The maximum atomic E-state index is 13.2. The van der Waals surface area contributed by atoms with Crippen LogP contribution in [0.25, 0.3) is 0 Å². The molecule has 0 heterocycles. The lowest BCUT2D eigenvalue weighted by atomic mass is 10.2. The topological polar surface area (TPSA) is 89.5 Å². The Morgan fingerprint density at radius 3 is 2.41 bits per heavy atom. The number of benzene rings is 2. The lowest BCUT2D eigenvalue weighted by Crippen LogP contribution is -2.30. The highest BCUT2D eigenvalue weighted by Crippen LogP contribution is 2.19. The van der Waals surface area contributed by atoms with Crippen LogP contribution in [0.2, 0.25) is 0 Å².